The average Bonchev–Trinajstić information content (AvgIpc) is 3.51. The first-order chi connectivity index (χ1) is 12.8. The van der Waals surface area contributed by atoms with Crippen molar-refractivity contribution in [1.82, 2.24) is 9.88 Å². The van der Waals surface area contributed by atoms with Crippen LogP contribution in [-0.2, 0) is 4.79 Å². The van der Waals surface area contributed by atoms with E-state index in [1.807, 2.05) is 4.90 Å². The van der Waals surface area contributed by atoms with Gasteiger partial charge in [0, 0.05) is 32.1 Å². The first-order valence-corrected chi connectivity index (χ1v) is 9.92. The fraction of sp³-hybridized carbons (Fsp3) is 0.667. The number of piperazine rings is 1. The van der Waals surface area contributed by atoms with Crippen LogP contribution >= 0.6 is 0 Å². The van der Waals surface area contributed by atoms with Crippen LogP contribution in [0.4, 0.5) is 5.88 Å². The SMILES string of the molecule is CC(C)=C[C@@H]1[C@@H](C(=O)N2CCN(c3oc(C4CC4)nc3C#N)CC2)C1(C)C. The lowest BCUT2D eigenvalue weighted by Gasteiger charge is -2.35. The quantitative estimate of drug-likeness (QED) is 0.762. The van der Waals surface area contributed by atoms with E-state index >= 15 is 0 Å². The van der Waals surface area contributed by atoms with E-state index in [2.05, 4.69) is 49.7 Å². The predicted octanol–water partition coefficient (Wildman–Crippen LogP) is 3.31. The van der Waals surface area contributed by atoms with Gasteiger partial charge in [-0.05, 0) is 38.0 Å². The molecule has 1 amide bonds. The van der Waals surface area contributed by atoms with Gasteiger partial charge < -0.3 is 14.2 Å². The van der Waals surface area contributed by atoms with Crippen molar-refractivity contribution in [1.29, 1.82) is 5.26 Å². The molecule has 2 aliphatic carbocycles. The molecule has 6 nitrogen and oxygen atoms in total. The van der Waals surface area contributed by atoms with Crippen molar-refractivity contribution in [2.45, 2.75) is 46.5 Å². The Morgan fingerprint density at radius 2 is 1.93 bits per heavy atom. The second kappa shape index (κ2) is 6.40. The summed E-state index contributed by atoms with van der Waals surface area (Å²) in [5.41, 5.74) is 1.70. The van der Waals surface area contributed by atoms with Gasteiger partial charge in [-0.15, -0.1) is 0 Å². The number of allylic oxidation sites excluding steroid dienone is 2. The van der Waals surface area contributed by atoms with E-state index in [0.29, 0.717) is 55.5 Å². The lowest BCUT2D eigenvalue weighted by atomic mass is 10.1. The molecule has 0 unspecified atom stereocenters. The van der Waals surface area contributed by atoms with Gasteiger partial charge in [-0.2, -0.15) is 5.26 Å². The average molecular weight is 368 g/mol. The molecule has 1 saturated heterocycles. The Bertz CT molecular complexity index is 816. The van der Waals surface area contributed by atoms with Gasteiger partial charge in [0.05, 0.1) is 5.92 Å². The molecule has 0 bridgehead atoms. The molecule has 0 aromatic carbocycles. The molecule has 2 saturated carbocycles. The van der Waals surface area contributed by atoms with Gasteiger partial charge in [-0.25, -0.2) is 4.98 Å². The molecule has 0 spiro atoms. The van der Waals surface area contributed by atoms with Crippen molar-refractivity contribution in [3.8, 4) is 6.07 Å². The molecule has 1 aliphatic heterocycles. The molecule has 0 radical (unpaired) electrons. The van der Waals surface area contributed by atoms with Crippen molar-refractivity contribution < 1.29 is 9.21 Å². The number of rotatable bonds is 4. The minimum atomic E-state index is 0.0452. The highest BCUT2D eigenvalue weighted by Crippen LogP contribution is 2.60. The van der Waals surface area contributed by atoms with Crippen LogP contribution in [0.5, 0.6) is 0 Å². The highest BCUT2D eigenvalue weighted by atomic mass is 16.4. The van der Waals surface area contributed by atoms with Crippen molar-refractivity contribution in [2.75, 3.05) is 31.1 Å². The molecule has 6 heteroatoms. The molecular weight excluding hydrogens is 340 g/mol. The minimum Gasteiger partial charge on any atom is -0.423 e. The maximum Gasteiger partial charge on any atom is 0.234 e. The van der Waals surface area contributed by atoms with Crippen LogP contribution in [0.1, 0.15) is 58.0 Å². The number of nitriles is 1. The number of amides is 1. The van der Waals surface area contributed by atoms with Crippen LogP contribution in [-0.4, -0.2) is 42.0 Å². The smallest absolute Gasteiger partial charge is 0.234 e. The van der Waals surface area contributed by atoms with Crippen molar-refractivity contribution in [3.63, 3.8) is 0 Å². The second-order valence-electron chi connectivity index (χ2n) is 8.97. The van der Waals surface area contributed by atoms with Gasteiger partial charge in [0.2, 0.25) is 23.4 Å². The van der Waals surface area contributed by atoms with Crippen LogP contribution in [0.3, 0.4) is 0 Å². The van der Waals surface area contributed by atoms with Crippen LogP contribution in [0.25, 0.3) is 0 Å². The zero-order valence-corrected chi connectivity index (χ0v) is 16.7. The molecule has 27 heavy (non-hydrogen) atoms. The van der Waals surface area contributed by atoms with Gasteiger partial charge in [0.1, 0.15) is 6.07 Å². The summed E-state index contributed by atoms with van der Waals surface area (Å²) in [6.45, 7) is 11.2. The van der Waals surface area contributed by atoms with E-state index in [4.69, 9.17) is 4.42 Å². The van der Waals surface area contributed by atoms with E-state index < -0.39 is 0 Å². The number of hydrogen-bond acceptors (Lipinski definition) is 5. The van der Waals surface area contributed by atoms with Crippen LogP contribution < -0.4 is 4.90 Å². The molecule has 4 rings (SSSR count). The molecular formula is C21H28N4O2. The summed E-state index contributed by atoms with van der Waals surface area (Å²) in [7, 11) is 0. The largest absolute Gasteiger partial charge is 0.423 e. The second-order valence-corrected chi connectivity index (χ2v) is 8.97. The Labute approximate surface area is 160 Å². The van der Waals surface area contributed by atoms with Crippen LogP contribution in [0, 0.1) is 28.6 Å². The number of anilines is 1. The van der Waals surface area contributed by atoms with Crippen molar-refractivity contribution in [3.05, 3.63) is 23.2 Å². The van der Waals surface area contributed by atoms with Crippen molar-refractivity contribution in [2.24, 2.45) is 17.3 Å². The fourth-order valence-corrected chi connectivity index (χ4v) is 4.27. The van der Waals surface area contributed by atoms with Crippen molar-refractivity contribution >= 4 is 11.8 Å². The van der Waals surface area contributed by atoms with Crippen LogP contribution in [0.2, 0.25) is 0 Å². The summed E-state index contributed by atoms with van der Waals surface area (Å²) in [5.74, 6) is 2.36. The topological polar surface area (TPSA) is 73.4 Å². The summed E-state index contributed by atoms with van der Waals surface area (Å²) in [6.07, 6.45) is 4.43. The molecule has 1 aromatic rings. The zero-order chi connectivity index (χ0) is 19.3. The Kier molecular flexibility index (Phi) is 4.29. The molecule has 1 aromatic heterocycles. The first kappa shape index (κ1) is 18.1. The zero-order valence-electron chi connectivity index (χ0n) is 16.7. The standard InChI is InChI=1S/C21H28N4O2/c1-13(2)11-15-17(21(15,3)4)19(26)24-7-9-25(10-8-24)20-16(12-22)23-18(27-20)14-5-6-14/h11,14-15,17H,5-10H2,1-4H3/t15-,17+/m1/s1. The maximum absolute atomic E-state index is 13.0. The molecule has 3 fully saturated rings. The maximum atomic E-state index is 13.0. The third-order valence-corrected chi connectivity index (χ3v) is 6.23. The number of oxazole rings is 1. The van der Waals surface area contributed by atoms with Gasteiger partial charge in [0.25, 0.3) is 0 Å². The van der Waals surface area contributed by atoms with Gasteiger partial charge >= 0.3 is 0 Å². The molecule has 0 N–H and O–H groups in total. The summed E-state index contributed by atoms with van der Waals surface area (Å²) in [4.78, 5) is 21.4. The highest BCUT2D eigenvalue weighted by Gasteiger charge is 2.61. The third kappa shape index (κ3) is 3.24. The van der Waals surface area contributed by atoms with Gasteiger partial charge in [-0.3, -0.25) is 4.79 Å². The number of hydrogen-bond donors (Lipinski definition) is 0. The lowest BCUT2D eigenvalue weighted by Crippen LogP contribution is -2.49. The van der Waals surface area contributed by atoms with E-state index in [-0.39, 0.29) is 17.2 Å². The Morgan fingerprint density at radius 3 is 2.48 bits per heavy atom. The fourth-order valence-electron chi connectivity index (χ4n) is 4.27. The first-order valence-electron chi connectivity index (χ1n) is 9.92. The lowest BCUT2D eigenvalue weighted by molar-refractivity contribution is -0.133. The molecule has 144 valence electrons. The number of nitrogens with zero attached hydrogens (tertiary/aromatic N) is 4. The predicted molar refractivity (Wildman–Crippen MR) is 102 cm³/mol. The number of carbonyl (C=O) groups is 1. The summed E-state index contributed by atoms with van der Waals surface area (Å²) >= 11 is 0. The van der Waals surface area contributed by atoms with E-state index in [1.165, 1.54) is 5.57 Å². The highest BCUT2D eigenvalue weighted by molar-refractivity contribution is 5.84. The van der Waals surface area contributed by atoms with E-state index in [1.54, 1.807) is 0 Å². The Hall–Kier alpha value is -2.29. The normalized spacial score (nSPS) is 26.5. The monoisotopic (exact) mass is 368 g/mol. The summed E-state index contributed by atoms with van der Waals surface area (Å²) < 4.78 is 5.90. The number of carbonyl (C=O) groups excluding carboxylic acids is 1. The van der Waals surface area contributed by atoms with Gasteiger partial charge in [-0.1, -0.05) is 25.5 Å². The van der Waals surface area contributed by atoms with Crippen LogP contribution in [0.15, 0.2) is 16.1 Å². The Balaban J connectivity index is 1.40. The third-order valence-electron chi connectivity index (χ3n) is 6.23. The summed E-state index contributed by atoms with van der Waals surface area (Å²) in [5, 5.41) is 9.38. The summed E-state index contributed by atoms with van der Waals surface area (Å²) in [6, 6.07) is 2.16. The van der Waals surface area contributed by atoms with E-state index in [9.17, 15) is 10.1 Å². The minimum absolute atomic E-state index is 0.0452. The molecule has 2 atom stereocenters. The van der Waals surface area contributed by atoms with Gasteiger partial charge in [0.15, 0.2) is 0 Å². The van der Waals surface area contributed by atoms with E-state index in [0.717, 1.165) is 12.8 Å². The molecule has 3 aliphatic rings. The Morgan fingerprint density at radius 1 is 1.26 bits per heavy atom. The molecule has 2 heterocycles. The number of aromatic nitrogens is 1.